The number of aromatic nitrogens is 1. The molecule has 1 aliphatic rings. The van der Waals surface area contributed by atoms with Crippen LogP contribution in [0.3, 0.4) is 0 Å². The molecular formula is C18H20N4O2. The number of morpholine rings is 1. The van der Waals surface area contributed by atoms with Crippen molar-refractivity contribution in [1.82, 2.24) is 10.4 Å². The second-order valence-corrected chi connectivity index (χ2v) is 5.53. The number of ether oxygens (including phenoxy) is 1. The van der Waals surface area contributed by atoms with Crippen molar-refractivity contribution < 1.29 is 9.53 Å². The fourth-order valence-corrected chi connectivity index (χ4v) is 2.50. The topological polar surface area (TPSA) is 66.8 Å². The Balaban J connectivity index is 1.64. The van der Waals surface area contributed by atoms with Gasteiger partial charge >= 0.3 is 0 Å². The van der Waals surface area contributed by atoms with Crippen LogP contribution in [0.5, 0.6) is 0 Å². The lowest BCUT2D eigenvalue weighted by Crippen LogP contribution is -2.36. The van der Waals surface area contributed by atoms with Gasteiger partial charge in [0.2, 0.25) is 0 Å². The Morgan fingerprint density at radius 1 is 1.17 bits per heavy atom. The third-order valence-corrected chi connectivity index (χ3v) is 3.91. The maximum Gasteiger partial charge on any atom is 0.272 e. The first-order valence-corrected chi connectivity index (χ1v) is 7.92. The van der Waals surface area contributed by atoms with E-state index in [9.17, 15) is 4.79 Å². The lowest BCUT2D eigenvalue weighted by molar-refractivity contribution is 0.0954. The summed E-state index contributed by atoms with van der Waals surface area (Å²) < 4.78 is 5.37. The van der Waals surface area contributed by atoms with Gasteiger partial charge in [0.25, 0.3) is 5.91 Å². The Labute approximate surface area is 141 Å². The van der Waals surface area contributed by atoms with Crippen molar-refractivity contribution >= 4 is 17.3 Å². The number of anilines is 1. The summed E-state index contributed by atoms with van der Waals surface area (Å²) in [5, 5.41) is 4.17. The highest BCUT2D eigenvalue weighted by Crippen LogP contribution is 2.17. The van der Waals surface area contributed by atoms with Crippen LogP contribution >= 0.6 is 0 Å². The van der Waals surface area contributed by atoms with E-state index >= 15 is 0 Å². The van der Waals surface area contributed by atoms with Crippen LogP contribution in [-0.4, -0.2) is 42.9 Å². The van der Waals surface area contributed by atoms with E-state index in [2.05, 4.69) is 32.5 Å². The number of carbonyl (C=O) groups is 1. The molecule has 1 aromatic carbocycles. The van der Waals surface area contributed by atoms with Crippen LogP contribution in [0.25, 0.3) is 0 Å². The molecule has 3 rings (SSSR count). The van der Waals surface area contributed by atoms with E-state index in [0.717, 1.165) is 37.6 Å². The average Bonchev–Trinajstić information content (AvgIpc) is 2.67. The third-order valence-electron chi connectivity index (χ3n) is 3.91. The lowest BCUT2D eigenvalue weighted by atomic mass is 10.1. The van der Waals surface area contributed by atoms with Gasteiger partial charge in [0.05, 0.1) is 24.5 Å². The summed E-state index contributed by atoms with van der Waals surface area (Å²) in [7, 11) is 0. The van der Waals surface area contributed by atoms with E-state index < -0.39 is 0 Å². The van der Waals surface area contributed by atoms with Gasteiger partial charge < -0.3 is 9.64 Å². The van der Waals surface area contributed by atoms with Crippen LogP contribution in [0.1, 0.15) is 22.8 Å². The van der Waals surface area contributed by atoms with Crippen molar-refractivity contribution in [1.29, 1.82) is 0 Å². The van der Waals surface area contributed by atoms with Gasteiger partial charge in [-0.05, 0) is 36.8 Å². The predicted octanol–water partition coefficient (Wildman–Crippen LogP) is 2.07. The standard InChI is InChI=1S/C18H20N4O2/c1-14(20-21-18(23)16-3-2-8-19-13-16)15-4-6-17(7-5-15)22-9-11-24-12-10-22/h2-8,13H,9-12H2,1H3,(H,21,23)/b20-14-. The molecular weight excluding hydrogens is 304 g/mol. The molecule has 124 valence electrons. The molecule has 1 aliphatic heterocycles. The summed E-state index contributed by atoms with van der Waals surface area (Å²) in [6.07, 6.45) is 3.14. The molecule has 1 amide bonds. The number of amides is 1. The third kappa shape index (κ3) is 3.97. The molecule has 1 N–H and O–H groups in total. The molecule has 24 heavy (non-hydrogen) atoms. The highest BCUT2D eigenvalue weighted by Gasteiger charge is 2.11. The maximum absolute atomic E-state index is 12.0. The van der Waals surface area contributed by atoms with Crippen LogP contribution in [-0.2, 0) is 4.74 Å². The van der Waals surface area contributed by atoms with Crippen LogP contribution in [0.4, 0.5) is 5.69 Å². The zero-order valence-corrected chi connectivity index (χ0v) is 13.6. The highest BCUT2D eigenvalue weighted by molar-refractivity contribution is 6.01. The zero-order chi connectivity index (χ0) is 16.8. The highest BCUT2D eigenvalue weighted by atomic mass is 16.5. The minimum atomic E-state index is -0.271. The number of hydrazone groups is 1. The second-order valence-electron chi connectivity index (χ2n) is 5.53. The Bertz CT molecular complexity index is 708. The first kappa shape index (κ1) is 16.1. The SMILES string of the molecule is C/C(=N/NC(=O)c1cccnc1)c1ccc(N2CCOCC2)cc1. The molecule has 6 nitrogen and oxygen atoms in total. The zero-order valence-electron chi connectivity index (χ0n) is 13.6. The van der Waals surface area contributed by atoms with Crippen molar-refractivity contribution in [2.45, 2.75) is 6.92 Å². The first-order chi connectivity index (χ1) is 11.7. The van der Waals surface area contributed by atoms with Crippen LogP contribution in [0.15, 0.2) is 53.9 Å². The second kappa shape index (κ2) is 7.70. The minimum Gasteiger partial charge on any atom is -0.378 e. The lowest BCUT2D eigenvalue weighted by Gasteiger charge is -2.28. The summed E-state index contributed by atoms with van der Waals surface area (Å²) in [4.78, 5) is 18.2. The number of nitrogens with zero attached hydrogens (tertiary/aromatic N) is 3. The monoisotopic (exact) mass is 324 g/mol. The molecule has 0 spiro atoms. The molecule has 1 fully saturated rings. The number of carbonyl (C=O) groups excluding carboxylic acids is 1. The molecule has 0 bridgehead atoms. The van der Waals surface area contributed by atoms with Crippen LogP contribution in [0, 0.1) is 0 Å². The van der Waals surface area contributed by atoms with Gasteiger partial charge in [-0.2, -0.15) is 5.10 Å². The normalized spacial score (nSPS) is 15.2. The summed E-state index contributed by atoms with van der Waals surface area (Å²) in [6, 6.07) is 11.6. The van der Waals surface area contributed by atoms with Gasteiger partial charge in [-0.3, -0.25) is 9.78 Å². The Hall–Kier alpha value is -2.73. The molecule has 6 heteroatoms. The fraction of sp³-hybridized carbons (Fsp3) is 0.278. The molecule has 2 heterocycles. The molecule has 0 aliphatic carbocycles. The molecule has 0 radical (unpaired) electrons. The van der Waals surface area contributed by atoms with Gasteiger partial charge in [-0.15, -0.1) is 0 Å². The molecule has 0 saturated carbocycles. The smallest absolute Gasteiger partial charge is 0.272 e. The molecule has 0 atom stereocenters. The van der Waals surface area contributed by atoms with Gasteiger partial charge in [0.15, 0.2) is 0 Å². The van der Waals surface area contributed by atoms with Crippen LogP contribution < -0.4 is 10.3 Å². The summed E-state index contributed by atoms with van der Waals surface area (Å²) in [5.74, 6) is -0.271. The van der Waals surface area contributed by atoms with Gasteiger partial charge in [-0.25, -0.2) is 5.43 Å². The maximum atomic E-state index is 12.0. The Morgan fingerprint density at radius 2 is 1.92 bits per heavy atom. The number of hydrogen-bond donors (Lipinski definition) is 1. The fourth-order valence-electron chi connectivity index (χ4n) is 2.50. The van der Waals surface area contributed by atoms with Crippen LogP contribution in [0.2, 0.25) is 0 Å². The average molecular weight is 324 g/mol. The summed E-state index contributed by atoms with van der Waals surface area (Å²) >= 11 is 0. The first-order valence-electron chi connectivity index (χ1n) is 7.92. The van der Waals surface area contributed by atoms with E-state index in [1.165, 1.54) is 11.9 Å². The van der Waals surface area contributed by atoms with E-state index in [0.29, 0.717) is 5.56 Å². The number of nitrogens with one attached hydrogen (secondary N) is 1. The predicted molar refractivity (Wildman–Crippen MR) is 93.4 cm³/mol. The Morgan fingerprint density at radius 3 is 2.58 bits per heavy atom. The van der Waals surface area contributed by atoms with Crippen molar-refractivity contribution in [2.24, 2.45) is 5.10 Å². The molecule has 2 aromatic rings. The van der Waals surface area contributed by atoms with Gasteiger partial charge in [-0.1, -0.05) is 12.1 Å². The molecule has 1 aromatic heterocycles. The Kier molecular flexibility index (Phi) is 5.18. The molecule has 1 saturated heterocycles. The van der Waals surface area contributed by atoms with Crippen molar-refractivity contribution in [2.75, 3.05) is 31.2 Å². The number of pyridine rings is 1. The van der Waals surface area contributed by atoms with Gasteiger partial charge in [0.1, 0.15) is 0 Å². The summed E-state index contributed by atoms with van der Waals surface area (Å²) in [5.41, 5.74) is 5.94. The summed E-state index contributed by atoms with van der Waals surface area (Å²) in [6.45, 7) is 5.22. The van der Waals surface area contributed by atoms with Crippen molar-refractivity contribution in [3.05, 3.63) is 59.9 Å². The minimum absolute atomic E-state index is 0.271. The van der Waals surface area contributed by atoms with E-state index in [4.69, 9.17) is 4.74 Å². The van der Waals surface area contributed by atoms with E-state index in [1.807, 2.05) is 19.1 Å². The molecule has 0 unspecified atom stereocenters. The quantitative estimate of drug-likeness (QED) is 0.691. The van der Waals surface area contributed by atoms with Crippen molar-refractivity contribution in [3.8, 4) is 0 Å². The number of benzene rings is 1. The van der Waals surface area contributed by atoms with E-state index in [-0.39, 0.29) is 5.91 Å². The van der Waals surface area contributed by atoms with Crippen molar-refractivity contribution in [3.63, 3.8) is 0 Å². The largest absolute Gasteiger partial charge is 0.378 e. The number of rotatable bonds is 4. The van der Waals surface area contributed by atoms with Gasteiger partial charge in [0, 0.05) is 31.2 Å². The number of hydrogen-bond acceptors (Lipinski definition) is 5. The van der Waals surface area contributed by atoms with E-state index in [1.54, 1.807) is 18.3 Å².